The van der Waals surface area contributed by atoms with Crippen LogP contribution in [0.2, 0.25) is 0 Å². The molecule has 0 aromatic rings. The summed E-state index contributed by atoms with van der Waals surface area (Å²) in [5.74, 6) is 2.99. The van der Waals surface area contributed by atoms with Gasteiger partial charge in [-0.2, -0.15) is 0 Å². The van der Waals surface area contributed by atoms with Crippen molar-refractivity contribution >= 4 is 0 Å². The molecule has 1 heterocycles. The highest BCUT2D eigenvalue weighted by Gasteiger charge is 2.72. The topological polar surface area (TPSA) is 41.5 Å². The second-order valence-corrected chi connectivity index (χ2v) is 15.4. The zero-order chi connectivity index (χ0) is 23.7. The van der Waals surface area contributed by atoms with Crippen molar-refractivity contribution < 1.29 is 9.94 Å². The van der Waals surface area contributed by atoms with Crippen molar-refractivity contribution in [2.45, 2.75) is 112 Å². The predicted octanol–water partition coefficient (Wildman–Crippen LogP) is 7.35. The molecule has 0 amide bonds. The molecular weight excluding hydrogens is 406 g/mol. The van der Waals surface area contributed by atoms with E-state index in [-0.39, 0.29) is 5.41 Å². The number of nitrogens with one attached hydrogen (secondary N) is 1. The van der Waals surface area contributed by atoms with Gasteiger partial charge in [0.1, 0.15) is 0 Å². The molecule has 0 spiro atoms. The van der Waals surface area contributed by atoms with E-state index in [4.69, 9.17) is 4.74 Å². The van der Waals surface area contributed by atoms with Crippen molar-refractivity contribution in [3.63, 3.8) is 0 Å². The second-order valence-electron chi connectivity index (χ2n) is 15.4. The SMILES string of the molecule is CC1(C)CC[C@]23CC[C@]4(C)[C@@H](CC[C@H]5[C@@]6(C)CC=C(NO)C(C)(C)[C@H]6CC[C@]54C)[C@H]2[C@@H]1OC3. The Morgan fingerprint density at radius 3 is 2.30 bits per heavy atom. The van der Waals surface area contributed by atoms with Crippen LogP contribution in [0.25, 0.3) is 0 Å². The van der Waals surface area contributed by atoms with E-state index in [9.17, 15) is 5.21 Å². The Labute approximate surface area is 202 Å². The summed E-state index contributed by atoms with van der Waals surface area (Å²) in [7, 11) is 0. The first kappa shape index (κ1) is 22.9. The third-order valence-electron chi connectivity index (χ3n) is 13.8. The van der Waals surface area contributed by atoms with E-state index < -0.39 is 0 Å². The van der Waals surface area contributed by atoms with E-state index in [2.05, 4.69) is 60.0 Å². The molecule has 3 heteroatoms. The Hall–Kier alpha value is -0.540. The van der Waals surface area contributed by atoms with Gasteiger partial charge in [-0.1, -0.05) is 54.5 Å². The molecule has 33 heavy (non-hydrogen) atoms. The first-order chi connectivity index (χ1) is 15.4. The van der Waals surface area contributed by atoms with Crippen LogP contribution in [0, 0.1) is 56.2 Å². The van der Waals surface area contributed by atoms with Gasteiger partial charge in [0.15, 0.2) is 0 Å². The summed E-state index contributed by atoms with van der Waals surface area (Å²) in [5.41, 5.74) is 5.59. The molecule has 5 aliphatic carbocycles. The number of ether oxygens (including phenoxy) is 1. The van der Waals surface area contributed by atoms with Crippen molar-refractivity contribution in [1.82, 2.24) is 5.48 Å². The van der Waals surface area contributed by atoms with Crippen LogP contribution in [-0.2, 0) is 4.74 Å². The van der Waals surface area contributed by atoms with Crippen LogP contribution in [0.15, 0.2) is 11.8 Å². The van der Waals surface area contributed by atoms with E-state index in [0.29, 0.717) is 39.1 Å². The molecule has 9 atom stereocenters. The minimum absolute atomic E-state index is 0.0117. The highest BCUT2D eigenvalue weighted by molar-refractivity contribution is 5.25. The molecule has 0 unspecified atom stereocenters. The number of hydrogen-bond acceptors (Lipinski definition) is 3. The fourth-order valence-electron chi connectivity index (χ4n) is 11.8. The number of rotatable bonds is 1. The molecule has 6 rings (SSSR count). The second kappa shape index (κ2) is 6.61. The molecule has 6 aliphatic rings. The first-order valence-corrected chi connectivity index (χ1v) is 14.1. The summed E-state index contributed by atoms with van der Waals surface area (Å²) in [4.78, 5) is 0. The van der Waals surface area contributed by atoms with Crippen molar-refractivity contribution in [1.29, 1.82) is 0 Å². The molecule has 2 bridgehead atoms. The number of hydrogen-bond donors (Lipinski definition) is 2. The van der Waals surface area contributed by atoms with Gasteiger partial charge in [0.05, 0.1) is 12.7 Å². The van der Waals surface area contributed by atoms with Crippen molar-refractivity contribution in [3.05, 3.63) is 11.8 Å². The van der Waals surface area contributed by atoms with Gasteiger partial charge < -0.3 is 4.74 Å². The summed E-state index contributed by atoms with van der Waals surface area (Å²) in [6, 6.07) is 0. The lowest BCUT2D eigenvalue weighted by Crippen LogP contribution is -2.67. The number of allylic oxidation sites excluding steroid dienone is 2. The Kier molecular flexibility index (Phi) is 4.58. The summed E-state index contributed by atoms with van der Waals surface area (Å²) in [6.07, 6.45) is 14.9. The fraction of sp³-hybridized carbons (Fsp3) is 0.933. The minimum atomic E-state index is 0.0117. The minimum Gasteiger partial charge on any atom is -0.377 e. The summed E-state index contributed by atoms with van der Waals surface area (Å²) >= 11 is 0. The lowest BCUT2D eigenvalue weighted by atomic mass is 9.32. The third-order valence-corrected chi connectivity index (χ3v) is 13.8. The van der Waals surface area contributed by atoms with Gasteiger partial charge in [0, 0.05) is 11.1 Å². The molecule has 4 saturated carbocycles. The van der Waals surface area contributed by atoms with Crippen molar-refractivity contribution in [2.24, 2.45) is 56.2 Å². The molecular formula is C30H49NO2. The molecule has 186 valence electrons. The maximum absolute atomic E-state index is 9.86. The van der Waals surface area contributed by atoms with Gasteiger partial charge in [-0.15, -0.1) is 0 Å². The van der Waals surface area contributed by atoms with Crippen LogP contribution in [0.5, 0.6) is 0 Å². The predicted molar refractivity (Wildman–Crippen MR) is 133 cm³/mol. The van der Waals surface area contributed by atoms with Crippen LogP contribution in [0.4, 0.5) is 0 Å². The van der Waals surface area contributed by atoms with E-state index in [1.807, 2.05) is 0 Å². The molecule has 5 fully saturated rings. The Balaban J connectivity index is 1.40. The van der Waals surface area contributed by atoms with Gasteiger partial charge >= 0.3 is 0 Å². The highest BCUT2D eigenvalue weighted by atomic mass is 16.5. The van der Waals surface area contributed by atoms with E-state index in [0.717, 1.165) is 36.5 Å². The normalized spacial score (nSPS) is 56.0. The average Bonchev–Trinajstić information content (AvgIpc) is 3.07. The van der Waals surface area contributed by atoms with Gasteiger partial charge in [-0.3, -0.25) is 10.7 Å². The number of fused-ring (bicyclic) bond motifs is 5. The molecule has 0 aromatic heterocycles. The third kappa shape index (κ3) is 2.55. The standard InChI is InChI=1S/C30H49NO2/c1-25(2)14-16-30-17-15-28(6)19(23(30)24(25)33-18-30)8-9-21-27(5)12-11-22(31-32)26(3,4)20(27)10-13-29(21,28)7/h11,19-21,23-24,31-32H,8-10,12-18H2,1-7H3/t19-,20+,21-,23-,24-,27-,28+,29+,30+/m0/s1. The van der Waals surface area contributed by atoms with Crippen molar-refractivity contribution in [2.75, 3.05) is 6.61 Å². The molecule has 2 N–H and O–H groups in total. The van der Waals surface area contributed by atoms with Crippen LogP contribution in [-0.4, -0.2) is 17.9 Å². The Morgan fingerprint density at radius 1 is 0.848 bits per heavy atom. The van der Waals surface area contributed by atoms with E-state index in [1.54, 1.807) is 0 Å². The summed E-state index contributed by atoms with van der Waals surface area (Å²) < 4.78 is 6.71. The summed E-state index contributed by atoms with van der Waals surface area (Å²) in [6.45, 7) is 18.8. The van der Waals surface area contributed by atoms with Gasteiger partial charge in [0.2, 0.25) is 0 Å². The number of hydroxylamine groups is 1. The smallest absolute Gasteiger partial charge is 0.0663 e. The van der Waals surface area contributed by atoms with Gasteiger partial charge in [-0.05, 0) is 109 Å². The van der Waals surface area contributed by atoms with Crippen LogP contribution >= 0.6 is 0 Å². The molecule has 0 aromatic carbocycles. The monoisotopic (exact) mass is 455 g/mol. The summed E-state index contributed by atoms with van der Waals surface area (Å²) in [5, 5.41) is 9.86. The maximum atomic E-state index is 9.86. The fourth-order valence-corrected chi connectivity index (χ4v) is 11.8. The average molecular weight is 456 g/mol. The Morgan fingerprint density at radius 2 is 1.58 bits per heavy atom. The largest absolute Gasteiger partial charge is 0.377 e. The Bertz CT molecular complexity index is 877. The zero-order valence-electron chi connectivity index (χ0n) is 22.4. The first-order valence-electron chi connectivity index (χ1n) is 14.1. The van der Waals surface area contributed by atoms with E-state index in [1.165, 1.54) is 51.4 Å². The molecule has 0 radical (unpaired) electrons. The lowest BCUT2D eigenvalue weighted by molar-refractivity contribution is -0.235. The van der Waals surface area contributed by atoms with Gasteiger partial charge in [-0.25, -0.2) is 0 Å². The van der Waals surface area contributed by atoms with E-state index >= 15 is 0 Å². The lowest BCUT2D eigenvalue weighted by Gasteiger charge is -2.72. The zero-order valence-corrected chi connectivity index (χ0v) is 22.4. The van der Waals surface area contributed by atoms with Gasteiger partial charge in [0.25, 0.3) is 0 Å². The van der Waals surface area contributed by atoms with Crippen LogP contribution in [0.1, 0.15) is 106 Å². The maximum Gasteiger partial charge on any atom is 0.0663 e. The molecule has 3 nitrogen and oxygen atoms in total. The van der Waals surface area contributed by atoms with Crippen molar-refractivity contribution in [3.8, 4) is 0 Å². The highest BCUT2D eigenvalue weighted by Crippen LogP contribution is 2.77. The molecule has 1 aliphatic heterocycles. The van der Waals surface area contributed by atoms with Crippen LogP contribution < -0.4 is 5.48 Å². The molecule has 1 saturated heterocycles. The quantitative estimate of drug-likeness (QED) is 0.406. The van der Waals surface area contributed by atoms with Crippen LogP contribution in [0.3, 0.4) is 0 Å².